The Morgan fingerprint density at radius 2 is 2.50 bits per heavy atom. The molecule has 1 aliphatic rings. The second-order valence-corrected chi connectivity index (χ2v) is 2.54. The second kappa shape index (κ2) is 2.86. The highest BCUT2D eigenvalue weighted by Crippen LogP contribution is 2.15. The highest BCUT2D eigenvalue weighted by molar-refractivity contribution is 5.65. The maximum atomic E-state index is 11.9. The van der Waals surface area contributed by atoms with Crippen LogP contribution in [-0.2, 0) is 0 Å². The molecule has 0 aromatic heterocycles. The molecule has 1 N–H and O–H groups in total. The topological polar surface area (TPSA) is 40.5 Å². The average Bonchev–Trinajstić information content (AvgIpc) is 2.34. The van der Waals surface area contributed by atoms with Crippen LogP contribution in [-0.4, -0.2) is 35.9 Å². The van der Waals surface area contributed by atoms with Crippen LogP contribution in [0.1, 0.15) is 6.42 Å². The molecule has 1 fully saturated rings. The first kappa shape index (κ1) is 7.31. The summed E-state index contributed by atoms with van der Waals surface area (Å²) < 4.78 is 11.9. The summed E-state index contributed by atoms with van der Waals surface area (Å²) in [6.07, 6.45) is -0.265. The highest BCUT2D eigenvalue weighted by Gasteiger charge is 2.25. The molecule has 0 aliphatic carbocycles. The molecule has 1 aliphatic heterocycles. The SMILES string of the molecule is O=C(O)N1CC[C@@H](CF)C1. The zero-order valence-electron chi connectivity index (χ0n) is 5.59. The van der Waals surface area contributed by atoms with Gasteiger partial charge in [0.2, 0.25) is 0 Å². The fourth-order valence-electron chi connectivity index (χ4n) is 1.13. The van der Waals surface area contributed by atoms with Gasteiger partial charge in [-0.2, -0.15) is 0 Å². The van der Waals surface area contributed by atoms with Gasteiger partial charge in [-0.25, -0.2) is 4.79 Å². The van der Waals surface area contributed by atoms with E-state index in [1.54, 1.807) is 0 Å². The number of alkyl halides is 1. The number of carbonyl (C=O) groups is 1. The Kier molecular flexibility index (Phi) is 2.09. The zero-order chi connectivity index (χ0) is 7.56. The van der Waals surface area contributed by atoms with E-state index in [0.29, 0.717) is 19.5 Å². The fourth-order valence-corrected chi connectivity index (χ4v) is 1.13. The van der Waals surface area contributed by atoms with Crippen LogP contribution < -0.4 is 0 Å². The van der Waals surface area contributed by atoms with Gasteiger partial charge in [-0.05, 0) is 6.42 Å². The second-order valence-electron chi connectivity index (χ2n) is 2.54. The van der Waals surface area contributed by atoms with Gasteiger partial charge >= 0.3 is 6.09 Å². The number of hydrogen-bond acceptors (Lipinski definition) is 1. The van der Waals surface area contributed by atoms with Gasteiger partial charge in [0.1, 0.15) is 0 Å². The maximum absolute atomic E-state index is 11.9. The Morgan fingerprint density at radius 3 is 2.80 bits per heavy atom. The number of nitrogens with zero attached hydrogens (tertiary/aromatic N) is 1. The van der Waals surface area contributed by atoms with E-state index in [0.717, 1.165) is 0 Å². The minimum atomic E-state index is -0.934. The molecule has 0 bridgehead atoms. The predicted octanol–water partition coefficient (Wildman–Crippen LogP) is 0.956. The molecule has 1 amide bonds. The van der Waals surface area contributed by atoms with Crippen LogP contribution in [0.2, 0.25) is 0 Å². The molecule has 10 heavy (non-hydrogen) atoms. The van der Waals surface area contributed by atoms with E-state index in [1.165, 1.54) is 4.90 Å². The van der Waals surface area contributed by atoms with Crippen LogP contribution in [0.15, 0.2) is 0 Å². The molecule has 4 heteroatoms. The van der Waals surface area contributed by atoms with Gasteiger partial charge in [-0.3, -0.25) is 4.39 Å². The summed E-state index contributed by atoms with van der Waals surface area (Å²) >= 11 is 0. The van der Waals surface area contributed by atoms with Crippen molar-refractivity contribution in [1.29, 1.82) is 0 Å². The van der Waals surface area contributed by atoms with Gasteiger partial charge in [0.25, 0.3) is 0 Å². The first-order valence-electron chi connectivity index (χ1n) is 3.28. The van der Waals surface area contributed by atoms with Crippen molar-refractivity contribution in [2.45, 2.75) is 6.42 Å². The molecule has 1 heterocycles. The number of halogens is 1. The summed E-state index contributed by atoms with van der Waals surface area (Å²) in [7, 11) is 0. The molecular formula is C6H10FNO2. The maximum Gasteiger partial charge on any atom is 0.407 e. The molecule has 0 aromatic carbocycles. The highest BCUT2D eigenvalue weighted by atomic mass is 19.1. The smallest absolute Gasteiger partial charge is 0.407 e. The standard InChI is InChI=1S/C6H10FNO2/c7-3-5-1-2-8(4-5)6(9)10/h5H,1-4H2,(H,9,10)/t5-/m0/s1. The molecular weight excluding hydrogens is 137 g/mol. The molecule has 0 spiro atoms. The lowest BCUT2D eigenvalue weighted by molar-refractivity contribution is 0.153. The van der Waals surface area contributed by atoms with E-state index in [1.807, 2.05) is 0 Å². The molecule has 0 radical (unpaired) electrons. The van der Waals surface area contributed by atoms with Crippen molar-refractivity contribution in [3.63, 3.8) is 0 Å². The number of likely N-dealkylation sites (tertiary alicyclic amines) is 1. The van der Waals surface area contributed by atoms with Crippen LogP contribution in [0.5, 0.6) is 0 Å². The first-order chi connectivity index (χ1) is 4.74. The molecule has 0 aromatic rings. The van der Waals surface area contributed by atoms with Crippen LogP contribution in [0.3, 0.4) is 0 Å². The van der Waals surface area contributed by atoms with E-state index in [9.17, 15) is 9.18 Å². The molecule has 3 nitrogen and oxygen atoms in total. The van der Waals surface area contributed by atoms with E-state index in [4.69, 9.17) is 5.11 Å². The molecule has 1 rings (SSSR count). The Balaban J connectivity index is 2.35. The Morgan fingerprint density at radius 1 is 1.80 bits per heavy atom. The molecule has 0 saturated carbocycles. The lowest BCUT2D eigenvalue weighted by atomic mass is 10.1. The lowest BCUT2D eigenvalue weighted by Gasteiger charge is -2.09. The number of hydrogen-bond donors (Lipinski definition) is 1. The van der Waals surface area contributed by atoms with E-state index < -0.39 is 12.8 Å². The monoisotopic (exact) mass is 147 g/mol. The van der Waals surface area contributed by atoms with Crippen molar-refractivity contribution in [3.05, 3.63) is 0 Å². The number of amides is 1. The quantitative estimate of drug-likeness (QED) is 0.600. The van der Waals surface area contributed by atoms with Gasteiger partial charge < -0.3 is 10.0 Å². The van der Waals surface area contributed by atoms with Crippen molar-refractivity contribution in [2.75, 3.05) is 19.8 Å². The van der Waals surface area contributed by atoms with Crippen LogP contribution in [0.25, 0.3) is 0 Å². The van der Waals surface area contributed by atoms with Crippen molar-refractivity contribution in [1.82, 2.24) is 4.90 Å². The lowest BCUT2D eigenvalue weighted by Crippen LogP contribution is -2.26. The minimum absolute atomic E-state index is 0.0592. The summed E-state index contributed by atoms with van der Waals surface area (Å²) in [5, 5.41) is 8.43. The number of carboxylic acid groups (broad SMARTS) is 1. The zero-order valence-corrected chi connectivity index (χ0v) is 5.59. The van der Waals surface area contributed by atoms with Gasteiger partial charge in [0, 0.05) is 19.0 Å². The summed E-state index contributed by atoms with van der Waals surface area (Å²) in [6, 6.07) is 0. The van der Waals surface area contributed by atoms with Gasteiger partial charge in [0.15, 0.2) is 0 Å². The summed E-state index contributed by atoms with van der Waals surface area (Å²) in [5.41, 5.74) is 0. The predicted molar refractivity (Wildman–Crippen MR) is 33.7 cm³/mol. The Hall–Kier alpha value is -0.800. The Labute approximate surface area is 58.4 Å². The van der Waals surface area contributed by atoms with E-state index >= 15 is 0 Å². The summed E-state index contributed by atoms with van der Waals surface area (Å²) in [6.45, 7) is 0.458. The van der Waals surface area contributed by atoms with Crippen LogP contribution in [0.4, 0.5) is 9.18 Å². The normalized spacial score (nSPS) is 25.3. The van der Waals surface area contributed by atoms with Gasteiger partial charge in [-0.1, -0.05) is 0 Å². The summed E-state index contributed by atoms with van der Waals surface area (Å²) in [5.74, 6) is -0.0592. The fraction of sp³-hybridized carbons (Fsp3) is 0.833. The van der Waals surface area contributed by atoms with Crippen molar-refractivity contribution >= 4 is 6.09 Å². The average molecular weight is 147 g/mol. The number of rotatable bonds is 1. The molecule has 1 saturated heterocycles. The van der Waals surface area contributed by atoms with Gasteiger partial charge in [0.05, 0.1) is 6.67 Å². The van der Waals surface area contributed by atoms with Crippen molar-refractivity contribution in [3.8, 4) is 0 Å². The van der Waals surface area contributed by atoms with Crippen molar-refractivity contribution < 1.29 is 14.3 Å². The third kappa shape index (κ3) is 1.37. The minimum Gasteiger partial charge on any atom is -0.465 e. The van der Waals surface area contributed by atoms with Crippen molar-refractivity contribution in [2.24, 2.45) is 5.92 Å². The molecule has 1 atom stereocenters. The first-order valence-corrected chi connectivity index (χ1v) is 3.28. The Bertz CT molecular complexity index is 140. The van der Waals surface area contributed by atoms with Crippen LogP contribution in [0, 0.1) is 5.92 Å². The summed E-state index contributed by atoms with van der Waals surface area (Å²) in [4.78, 5) is 11.5. The third-order valence-electron chi connectivity index (χ3n) is 1.77. The van der Waals surface area contributed by atoms with E-state index in [2.05, 4.69) is 0 Å². The molecule has 58 valence electrons. The largest absolute Gasteiger partial charge is 0.465 e. The van der Waals surface area contributed by atoms with E-state index in [-0.39, 0.29) is 5.92 Å². The van der Waals surface area contributed by atoms with Gasteiger partial charge in [-0.15, -0.1) is 0 Å². The molecule has 0 unspecified atom stereocenters. The third-order valence-corrected chi connectivity index (χ3v) is 1.77. The van der Waals surface area contributed by atoms with Crippen LogP contribution >= 0.6 is 0 Å².